The summed E-state index contributed by atoms with van der Waals surface area (Å²) in [4.78, 5) is 72.5. The number of likely N-dealkylation sites (tertiary alicyclic amines) is 1. The molecule has 3 heterocycles. The number of carbonyl (C=O) groups is 5. The summed E-state index contributed by atoms with van der Waals surface area (Å²) in [7, 11) is 3.19. The van der Waals surface area contributed by atoms with E-state index in [4.69, 9.17) is 4.74 Å². The zero-order chi connectivity index (χ0) is 32.1. The summed E-state index contributed by atoms with van der Waals surface area (Å²) in [6.07, 6.45) is 9.70. The van der Waals surface area contributed by atoms with Crippen LogP contribution in [-0.2, 0) is 30.5 Å². The van der Waals surface area contributed by atoms with Crippen LogP contribution in [0.25, 0.3) is 0 Å². The second-order valence-corrected chi connectivity index (χ2v) is 13.6. The van der Waals surface area contributed by atoms with E-state index in [2.05, 4.69) is 17.5 Å². The normalized spacial score (nSPS) is 31.2. The number of rotatable bonds is 5. The van der Waals surface area contributed by atoms with Crippen LogP contribution in [0, 0.1) is 17.3 Å². The number of carbonyl (C=O) groups excluding carboxylic acids is 5. The van der Waals surface area contributed by atoms with Gasteiger partial charge in [0.05, 0.1) is 18.0 Å². The Labute approximate surface area is 266 Å². The monoisotopic (exact) mass is 620 g/mol. The molecule has 3 fully saturated rings. The van der Waals surface area contributed by atoms with E-state index in [9.17, 15) is 24.0 Å². The van der Waals surface area contributed by atoms with Crippen LogP contribution in [0.3, 0.4) is 0 Å². The summed E-state index contributed by atoms with van der Waals surface area (Å²) >= 11 is 0. The van der Waals surface area contributed by atoms with Gasteiger partial charge in [-0.25, -0.2) is 4.79 Å². The molecule has 244 valence electrons. The van der Waals surface area contributed by atoms with E-state index in [0.717, 1.165) is 44.1 Å². The van der Waals surface area contributed by atoms with Crippen LogP contribution in [0.2, 0.25) is 0 Å². The maximum Gasteiger partial charge on any atom is 0.409 e. The maximum atomic E-state index is 14.4. The van der Waals surface area contributed by atoms with Crippen molar-refractivity contribution < 1.29 is 28.7 Å². The molecule has 0 aromatic heterocycles. The number of nitrogens with zero attached hydrogens (tertiary/aromatic N) is 3. The quantitative estimate of drug-likeness (QED) is 0.496. The van der Waals surface area contributed by atoms with Crippen LogP contribution in [0.1, 0.15) is 76.7 Å². The van der Waals surface area contributed by atoms with Crippen molar-refractivity contribution in [3.8, 4) is 0 Å². The van der Waals surface area contributed by atoms with Crippen molar-refractivity contribution in [1.29, 1.82) is 0 Å². The molecule has 0 unspecified atom stereocenters. The topological polar surface area (TPSA) is 116 Å². The van der Waals surface area contributed by atoms with Gasteiger partial charge in [-0.1, -0.05) is 62.2 Å². The van der Waals surface area contributed by atoms with Crippen molar-refractivity contribution in [2.75, 3.05) is 27.2 Å². The minimum atomic E-state index is -0.936. The number of ketones is 1. The Morgan fingerprint density at radius 2 is 1.82 bits per heavy atom. The highest BCUT2D eigenvalue weighted by molar-refractivity contribution is 5.98. The van der Waals surface area contributed by atoms with Crippen molar-refractivity contribution in [2.24, 2.45) is 17.3 Å². The van der Waals surface area contributed by atoms with Gasteiger partial charge in [-0.05, 0) is 50.0 Å². The van der Waals surface area contributed by atoms with Gasteiger partial charge in [-0.3, -0.25) is 19.2 Å². The summed E-state index contributed by atoms with van der Waals surface area (Å²) < 4.78 is 5.64. The Morgan fingerprint density at radius 1 is 1.04 bits per heavy atom. The molecule has 4 aliphatic rings. The van der Waals surface area contributed by atoms with E-state index in [-0.39, 0.29) is 54.7 Å². The first-order valence-electron chi connectivity index (χ1n) is 16.6. The van der Waals surface area contributed by atoms with Gasteiger partial charge in [-0.15, -0.1) is 0 Å². The first-order valence-corrected chi connectivity index (χ1v) is 16.6. The van der Waals surface area contributed by atoms with Crippen molar-refractivity contribution in [1.82, 2.24) is 20.0 Å². The van der Waals surface area contributed by atoms with Crippen LogP contribution < -0.4 is 5.32 Å². The average molecular weight is 621 g/mol. The van der Waals surface area contributed by atoms with Crippen LogP contribution >= 0.6 is 0 Å². The maximum absolute atomic E-state index is 14.4. The molecule has 0 radical (unpaired) electrons. The van der Waals surface area contributed by atoms with Crippen LogP contribution in [0.5, 0.6) is 0 Å². The Balaban J connectivity index is 1.36. The fourth-order valence-electron chi connectivity index (χ4n) is 7.25. The lowest BCUT2D eigenvalue weighted by molar-refractivity contribution is -0.146. The first-order chi connectivity index (χ1) is 21.6. The molecule has 10 heteroatoms. The van der Waals surface area contributed by atoms with Crippen molar-refractivity contribution in [2.45, 2.75) is 95.9 Å². The number of ether oxygens (including phenoxy) is 1. The minimum Gasteiger partial charge on any atom is -0.444 e. The zero-order valence-electron chi connectivity index (χ0n) is 26.9. The Hall–Kier alpha value is -3.69. The van der Waals surface area contributed by atoms with E-state index >= 15 is 0 Å². The highest BCUT2D eigenvalue weighted by Crippen LogP contribution is 2.58. The number of hydrogen-bond acceptors (Lipinski definition) is 6. The number of Topliss-reactive ketones (excluding diaryl/α,β-unsaturated/α-hetero) is 1. The standard InChI is InChI=1S/C35H48N4O6/c1-24-13-8-5-4-6-11-16-26-20-35(26,21-30(40)29-19-27(23-39(29)32(24)42)45-34(44)37(2)3)33(43)38-18-12-17-28(38)31(41)36-22-25-14-9-7-10-15-25/h7,9-11,14-16,24,26-29H,4-6,8,12-13,17-23H2,1-3H3,(H,36,41)/b16-11-/t24-,26+,27+,28+,29-,35+/m0/s1. The predicted molar refractivity (Wildman–Crippen MR) is 169 cm³/mol. The molecule has 1 aromatic rings. The predicted octanol–water partition coefficient (Wildman–Crippen LogP) is 4.08. The SMILES string of the molecule is C[C@H]1CCCCC/C=C\[C@@H]2C[C@@]2(C(=O)N2CCC[C@@H]2C(=O)NCc2ccccc2)CC(=O)[C@@H]2C[C@@H](OC(=O)N(C)C)CN2C1=O. The summed E-state index contributed by atoms with van der Waals surface area (Å²) in [5, 5.41) is 3.00. The number of hydrogen-bond donors (Lipinski definition) is 1. The van der Waals surface area contributed by atoms with Gasteiger partial charge in [0.1, 0.15) is 12.1 Å². The summed E-state index contributed by atoms with van der Waals surface area (Å²) in [5.41, 5.74) is 0.0501. The molecule has 45 heavy (non-hydrogen) atoms. The number of amides is 4. The van der Waals surface area contributed by atoms with E-state index in [1.165, 1.54) is 4.90 Å². The molecule has 4 amide bonds. The Bertz CT molecular complexity index is 1300. The van der Waals surface area contributed by atoms with E-state index in [0.29, 0.717) is 25.9 Å². The third-order valence-corrected chi connectivity index (χ3v) is 10.0. The second-order valence-electron chi connectivity index (χ2n) is 13.6. The van der Waals surface area contributed by atoms with Crippen LogP contribution in [-0.4, -0.2) is 89.7 Å². The molecule has 0 spiro atoms. The molecule has 5 rings (SSSR count). The summed E-state index contributed by atoms with van der Waals surface area (Å²) in [6, 6.07) is 8.33. The smallest absolute Gasteiger partial charge is 0.409 e. The number of benzene rings is 1. The van der Waals surface area contributed by atoms with E-state index in [1.807, 2.05) is 37.3 Å². The number of allylic oxidation sites excluding steroid dienone is 2. The van der Waals surface area contributed by atoms with Gasteiger partial charge in [0.2, 0.25) is 17.7 Å². The lowest BCUT2D eigenvalue weighted by Gasteiger charge is -2.31. The van der Waals surface area contributed by atoms with Gasteiger partial charge >= 0.3 is 6.09 Å². The highest BCUT2D eigenvalue weighted by atomic mass is 16.6. The van der Waals surface area contributed by atoms with Crippen LogP contribution in [0.15, 0.2) is 42.5 Å². The molecule has 0 bridgehead atoms. The Morgan fingerprint density at radius 3 is 2.58 bits per heavy atom. The molecular formula is C35H48N4O6. The zero-order valence-corrected chi connectivity index (χ0v) is 26.9. The molecule has 6 atom stereocenters. The number of nitrogens with one attached hydrogen (secondary N) is 1. The first kappa shape index (κ1) is 32.7. The fourth-order valence-corrected chi connectivity index (χ4v) is 7.25. The third kappa shape index (κ3) is 7.42. The van der Waals surface area contributed by atoms with Crippen LogP contribution in [0.4, 0.5) is 4.79 Å². The molecule has 1 N–H and O–H groups in total. The van der Waals surface area contributed by atoms with Gasteiger partial charge in [-0.2, -0.15) is 0 Å². The van der Waals surface area contributed by atoms with E-state index < -0.39 is 29.7 Å². The molecule has 1 saturated carbocycles. The number of fused-ring (bicyclic) bond motifs is 2. The van der Waals surface area contributed by atoms with Gasteiger partial charge < -0.3 is 24.8 Å². The largest absolute Gasteiger partial charge is 0.444 e. The lowest BCUT2D eigenvalue weighted by Crippen LogP contribution is -2.50. The minimum absolute atomic E-state index is 0.00707. The van der Waals surface area contributed by atoms with Gasteiger partial charge in [0.15, 0.2) is 5.78 Å². The van der Waals surface area contributed by atoms with Crippen molar-refractivity contribution in [3.05, 3.63) is 48.0 Å². The van der Waals surface area contributed by atoms with Crippen molar-refractivity contribution in [3.63, 3.8) is 0 Å². The summed E-state index contributed by atoms with van der Waals surface area (Å²) in [6.45, 7) is 2.93. The molecular weight excluding hydrogens is 572 g/mol. The molecule has 10 nitrogen and oxygen atoms in total. The average Bonchev–Trinajstić information content (AvgIpc) is 3.34. The van der Waals surface area contributed by atoms with Crippen molar-refractivity contribution >= 4 is 29.6 Å². The molecule has 1 aromatic carbocycles. The van der Waals surface area contributed by atoms with E-state index in [1.54, 1.807) is 23.9 Å². The Kier molecular flexibility index (Phi) is 10.3. The third-order valence-electron chi connectivity index (χ3n) is 10.0. The molecule has 1 aliphatic carbocycles. The second kappa shape index (κ2) is 14.2. The molecule has 2 saturated heterocycles. The fraction of sp³-hybridized carbons (Fsp3) is 0.629. The van der Waals surface area contributed by atoms with Gasteiger partial charge in [0.25, 0.3) is 0 Å². The summed E-state index contributed by atoms with van der Waals surface area (Å²) in [5.74, 6) is -0.959. The molecule has 3 aliphatic heterocycles. The highest BCUT2D eigenvalue weighted by Gasteiger charge is 2.62. The lowest BCUT2D eigenvalue weighted by atomic mass is 9.90. The van der Waals surface area contributed by atoms with Gasteiger partial charge in [0, 0.05) is 45.9 Å².